The molecule has 29 heavy (non-hydrogen) atoms. The van der Waals surface area contributed by atoms with Crippen LogP contribution in [0.4, 0.5) is 14.5 Å². The molecule has 0 atom stereocenters. The van der Waals surface area contributed by atoms with Gasteiger partial charge in [-0.05, 0) is 46.8 Å². The van der Waals surface area contributed by atoms with Crippen molar-refractivity contribution in [1.29, 1.82) is 0 Å². The number of ether oxygens (including phenoxy) is 1. The van der Waals surface area contributed by atoms with E-state index in [4.69, 9.17) is 13.0 Å². The molecule has 1 aromatic heterocycles. The molecule has 0 saturated carbocycles. The van der Waals surface area contributed by atoms with Gasteiger partial charge < -0.3 is 10.1 Å². The van der Waals surface area contributed by atoms with Crippen LogP contribution in [0.2, 0.25) is 0 Å². The van der Waals surface area contributed by atoms with Gasteiger partial charge in [0.15, 0.2) is 0 Å². The molecule has 0 bridgehead atoms. The molecule has 2 aromatic carbocycles. The van der Waals surface area contributed by atoms with Crippen molar-refractivity contribution in [3.8, 4) is 16.9 Å². The lowest BCUT2D eigenvalue weighted by atomic mass is 10.0. The second kappa shape index (κ2) is 8.80. The Morgan fingerprint density at radius 1 is 1.03 bits per heavy atom. The van der Waals surface area contributed by atoms with E-state index in [1.54, 1.807) is 5.48 Å². The Morgan fingerprint density at radius 3 is 2.55 bits per heavy atom. The summed E-state index contributed by atoms with van der Waals surface area (Å²) >= 11 is 0.784. The summed E-state index contributed by atoms with van der Waals surface area (Å²) in [5.74, 6) is -4.36. The first kappa shape index (κ1) is 13.8. The molecule has 0 spiro atoms. The molecule has 9 heteroatoms. The minimum atomic E-state index is -2.91. The summed E-state index contributed by atoms with van der Waals surface area (Å²) < 4.78 is 76.5. The molecule has 0 unspecified atom stereocenters. The number of amides is 2. The number of carbonyl (C=O) groups is 2. The molecule has 0 fully saturated rings. The van der Waals surface area contributed by atoms with Crippen molar-refractivity contribution < 1.29 is 36.2 Å². The Bertz CT molecular complexity index is 1240. The van der Waals surface area contributed by atoms with Gasteiger partial charge in [0.2, 0.25) is 0 Å². The number of benzene rings is 2. The Labute approximate surface area is 177 Å². The van der Waals surface area contributed by atoms with Crippen LogP contribution in [0.25, 0.3) is 11.1 Å². The minimum absolute atomic E-state index is 0.0357. The third kappa shape index (κ3) is 4.41. The predicted octanol–water partition coefficient (Wildman–Crippen LogP) is 4.25. The van der Waals surface area contributed by atoms with Gasteiger partial charge in [0.1, 0.15) is 27.9 Å². The van der Waals surface area contributed by atoms with Crippen molar-refractivity contribution in [2.45, 2.75) is 0 Å². The average Bonchev–Trinajstić information content (AvgIpc) is 3.23. The van der Waals surface area contributed by atoms with Crippen LogP contribution >= 0.6 is 11.3 Å². The van der Waals surface area contributed by atoms with Crippen LogP contribution in [0.1, 0.15) is 28.3 Å². The van der Waals surface area contributed by atoms with Crippen LogP contribution in [0, 0.1) is 11.6 Å². The third-order valence-corrected chi connectivity index (χ3v) is 4.74. The predicted molar refractivity (Wildman–Crippen MR) is 105 cm³/mol. The van der Waals surface area contributed by atoms with Crippen LogP contribution in [0.5, 0.6) is 5.75 Å². The summed E-state index contributed by atoms with van der Waals surface area (Å²) in [6.45, 7) is 0. The second-order valence-corrected chi connectivity index (χ2v) is 6.51. The van der Waals surface area contributed by atoms with Crippen LogP contribution in [-0.2, 0) is 4.84 Å². The Kier molecular flexibility index (Phi) is 4.19. The fourth-order valence-corrected chi connectivity index (χ4v) is 3.31. The monoisotopic (exact) mass is 424 g/mol. The van der Waals surface area contributed by atoms with Gasteiger partial charge in [-0.15, -0.1) is 11.3 Å². The van der Waals surface area contributed by atoms with Gasteiger partial charge in [0.05, 0.1) is 27.9 Å². The van der Waals surface area contributed by atoms with Gasteiger partial charge in [-0.25, -0.2) is 14.3 Å². The number of hydroxylamine groups is 1. The maximum Gasteiger partial charge on any atom is 0.285 e. The summed E-state index contributed by atoms with van der Waals surface area (Å²) in [6.07, 6.45) is 0. The topological polar surface area (TPSA) is 76.7 Å². The SMILES string of the molecule is [2H]C([2H])([2H])ONC(=O)c1sccc1C(=O)Nc1c(F)cc(-c2cccc(OC([2H])([2H])[2H])c2)cc1F. The van der Waals surface area contributed by atoms with E-state index in [2.05, 4.69) is 10.2 Å². The van der Waals surface area contributed by atoms with Gasteiger partial charge in [0.25, 0.3) is 11.8 Å². The number of hydrogen-bond acceptors (Lipinski definition) is 5. The van der Waals surface area contributed by atoms with Gasteiger partial charge in [-0.2, -0.15) is 0 Å². The highest BCUT2D eigenvalue weighted by atomic mass is 32.1. The fraction of sp³-hybridized carbons (Fsp3) is 0.100. The van der Waals surface area contributed by atoms with E-state index in [9.17, 15) is 18.4 Å². The Hall–Kier alpha value is -3.30. The normalized spacial score (nSPS) is 14.4. The maximum atomic E-state index is 14.7. The fourth-order valence-electron chi connectivity index (χ4n) is 2.54. The zero-order valence-electron chi connectivity index (χ0n) is 20.4. The molecule has 0 aliphatic rings. The zero-order valence-corrected chi connectivity index (χ0v) is 15.2. The van der Waals surface area contributed by atoms with Gasteiger partial charge in [-0.1, -0.05) is 12.1 Å². The molecule has 0 radical (unpaired) electrons. The van der Waals surface area contributed by atoms with Crippen LogP contribution in [0.3, 0.4) is 0 Å². The molecule has 3 aromatic rings. The zero-order chi connectivity index (χ0) is 26.0. The van der Waals surface area contributed by atoms with Crippen molar-refractivity contribution in [2.24, 2.45) is 0 Å². The minimum Gasteiger partial charge on any atom is -0.497 e. The van der Waals surface area contributed by atoms with Crippen molar-refractivity contribution in [2.75, 3.05) is 19.4 Å². The lowest BCUT2D eigenvalue weighted by molar-refractivity contribution is 0.0540. The first-order valence-electron chi connectivity index (χ1n) is 10.9. The molecule has 2 amide bonds. The first-order valence-corrected chi connectivity index (χ1v) is 8.77. The Morgan fingerprint density at radius 2 is 1.83 bits per heavy atom. The number of rotatable bonds is 6. The molecule has 150 valence electrons. The van der Waals surface area contributed by atoms with Crippen molar-refractivity contribution in [3.63, 3.8) is 0 Å². The largest absolute Gasteiger partial charge is 0.497 e. The number of halogens is 2. The number of thiophene rings is 1. The Balaban J connectivity index is 1.81. The molecule has 0 aliphatic heterocycles. The highest BCUT2D eigenvalue weighted by Gasteiger charge is 2.22. The summed E-state index contributed by atoms with van der Waals surface area (Å²) in [5.41, 5.74) is 0.940. The molecule has 1 heterocycles. The summed E-state index contributed by atoms with van der Waals surface area (Å²) in [6, 6.07) is 8.66. The second-order valence-electron chi connectivity index (χ2n) is 5.60. The quantitative estimate of drug-likeness (QED) is 0.580. The standard InChI is InChI=1S/C20H16F2N2O4S/c1-27-13-5-3-4-11(8-13)12-9-15(21)17(16(22)10-12)23-19(25)14-6-7-29-18(14)20(26)24-28-2/h3-10H,1-2H3,(H,23,25)(H,24,26)/i1D3,2D3. The highest BCUT2D eigenvalue weighted by molar-refractivity contribution is 7.12. The van der Waals surface area contributed by atoms with Crippen molar-refractivity contribution in [1.82, 2.24) is 5.48 Å². The highest BCUT2D eigenvalue weighted by Crippen LogP contribution is 2.30. The average molecular weight is 424 g/mol. The number of methoxy groups -OCH3 is 1. The molecule has 0 saturated heterocycles. The van der Waals surface area contributed by atoms with Crippen LogP contribution in [0.15, 0.2) is 47.8 Å². The van der Waals surface area contributed by atoms with Crippen LogP contribution in [-0.4, -0.2) is 25.9 Å². The molecular weight excluding hydrogens is 402 g/mol. The van der Waals surface area contributed by atoms with Crippen LogP contribution < -0.4 is 15.5 Å². The summed E-state index contributed by atoms with van der Waals surface area (Å²) in [7, 11) is -5.62. The van der Waals surface area contributed by atoms with E-state index in [-0.39, 0.29) is 27.3 Å². The molecule has 3 rings (SSSR count). The van der Waals surface area contributed by atoms with Gasteiger partial charge in [-0.3, -0.25) is 14.4 Å². The number of carbonyl (C=O) groups excluding carboxylic acids is 2. The van der Waals surface area contributed by atoms with E-state index in [0.717, 1.165) is 23.5 Å². The molecule has 6 nitrogen and oxygen atoms in total. The van der Waals surface area contributed by atoms with Crippen molar-refractivity contribution >= 4 is 28.8 Å². The number of hydrogen-bond donors (Lipinski definition) is 2. The smallest absolute Gasteiger partial charge is 0.285 e. The van der Waals surface area contributed by atoms with E-state index < -0.39 is 43.2 Å². The molecular formula is C20H16F2N2O4S. The summed E-state index contributed by atoms with van der Waals surface area (Å²) in [4.78, 5) is 28.7. The van der Waals surface area contributed by atoms with E-state index in [1.165, 1.54) is 35.7 Å². The van der Waals surface area contributed by atoms with E-state index in [0.29, 0.717) is 0 Å². The van der Waals surface area contributed by atoms with Gasteiger partial charge >= 0.3 is 0 Å². The first-order chi connectivity index (χ1) is 16.2. The lowest BCUT2D eigenvalue weighted by Crippen LogP contribution is -2.24. The van der Waals surface area contributed by atoms with E-state index >= 15 is 0 Å². The number of anilines is 1. The van der Waals surface area contributed by atoms with E-state index in [1.807, 2.05) is 0 Å². The lowest BCUT2D eigenvalue weighted by Gasteiger charge is -2.11. The summed E-state index contributed by atoms with van der Waals surface area (Å²) in [5, 5.41) is 3.41. The maximum absolute atomic E-state index is 14.7. The number of nitrogens with one attached hydrogen (secondary N) is 2. The van der Waals surface area contributed by atoms with Gasteiger partial charge in [0, 0.05) is 0 Å². The molecule has 0 aliphatic carbocycles. The third-order valence-electron chi connectivity index (χ3n) is 3.83. The molecule has 2 N–H and O–H groups in total. The van der Waals surface area contributed by atoms with Crippen molar-refractivity contribution in [3.05, 3.63) is 69.9 Å².